The zero-order valence-corrected chi connectivity index (χ0v) is 16.9. The summed E-state index contributed by atoms with van der Waals surface area (Å²) in [6, 6.07) is 8.66. The van der Waals surface area contributed by atoms with Crippen LogP contribution in [-0.4, -0.2) is 31.8 Å². The number of thiophene rings is 1. The molecule has 0 spiro atoms. The van der Waals surface area contributed by atoms with Crippen molar-refractivity contribution in [1.82, 2.24) is 24.7 Å². The van der Waals surface area contributed by atoms with Crippen LogP contribution in [0.3, 0.4) is 0 Å². The Kier molecular flexibility index (Phi) is 4.31. The van der Waals surface area contributed by atoms with Crippen LogP contribution in [0.1, 0.15) is 41.8 Å². The van der Waals surface area contributed by atoms with E-state index in [4.69, 9.17) is 4.98 Å². The number of hydrogen-bond acceptors (Lipinski definition) is 6. The summed E-state index contributed by atoms with van der Waals surface area (Å²) in [5.41, 5.74) is 3.72. The van der Waals surface area contributed by atoms with E-state index in [1.54, 1.807) is 23.7 Å². The molecule has 1 aliphatic carbocycles. The van der Waals surface area contributed by atoms with Crippen molar-refractivity contribution in [2.24, 2.45) is 0 Å². The highest BCUT2D eigenvalue weighted by atomic mass is 32.1. The maximum absolute atomic E-state index is 4.69. The molecule has 0 bridgehead atoms. The summed E-state index contributed by atoms with van der Waals surface area (Å²) in [5.74, 6) is 1.04. The van der Waals surface area contributed by atoms with E-state index in [9.17, 15) is 0 Å². The molecule has 5 rings (SSSR count). The van der Waals surface area contributed by atoms with Crippen LogP contribution in [-0.2, 0) is 12.8 Å². The summed E-state index contributed by atoms with van der Waals surface area (Å²) in [6.45, 7) is 2.22. The lowest BCUT2D eigenvalue weighted by molar-refractivity contribution is 0.698. The van der Waals surface area contributed by atoms with Gasteiger partial charge in [0.2, 0.25) is 0 Å². The first-order valence-corrected chi connectivity index (χ1v) is 10.5. The second-order valence-corrected chi connectivity index (χ2v) is 8.39. The Morgan fingerprint density at radius 1 is 1.07 bits per heavy atom. The van der Waals surface area contributed by atoms with Gasteiger partial charge < -0.3 is 4.90 Å². The SMILES string of the molecule is C[C@@H](c1ccc(-n2cncn2)cc1)N(C)c1ncnc2sc3c(c12)CCCC3. The number of aromatic nitrogens is 5. The van der Waals surface area contributed by atoms with E-state index in [1.165, 1.54) is 40.7 Å². The van der Waals surface area contributed by atoms with Crippen LogP contribution in [0.25, 0.3) is 15.9 Å². The fourth-order valence-electron chi connectivity index (χ4n) is 4.00. The fourth-order valence-corrected chi connectivity index (χ4v) is 5.22. The monoisotopic (exact) mass is 390 g/mol. The summed E-state index contributed by atoms with van der Waals surface area (Å²) in [6.07, 6.45) is 9.83. The first-order valence-electron chi connectivity index (χ1n) is 9.65. The molecular weight excluding hydrogens is 368 g/mol. The number of hydrogen-bond donors (Lipinski definition) is 0. The van der Waals surface area contributed by atoms with Crippen molar-refractivity contribution >= 4 is 27.4 Å². The van der Waals surface area contributed by atoms with Crippen LogP contribution in [0.4, 0.5) is 5.82 Å². The summed E-state index contributed by atoms with van der Waals surface area (Å²) in [7, 11) is 2.13. The third kappa shape index (κ3) is 2.86. The minimum Gasteiger partial charge on any atom is -0.352 e. The Morgan fingerprint density at radius 2 is 1.89 bits per heavy atom. The van der Waals surface area contributed by atoms with Gasteiger partial charge in [-0.15, -0.1) is 11.3 Å². The third-order valence-corrected chi connectivity index (χ3v) is 6.90. The summed E-state index contributed by atoms with van der Waals surface area (Å²) < 4.78 is 1.77. The Morgan fingerprint density at radius 3 is 2.68 bits per heavy atom. The first-order chi connectivity index (χ1) is 13.7. The fraction of sp³-hybridized carbons (Fsp3) is 0.333. The molecule has 0 fully saturated rings. The Balaban J connectivity index is 1.49. The number of benzene rings is 1. The number of aryl methyl sites for hydroxylation is 2. The molecule has 0 radical (unpaired) electrons. The number of rotatable bonds is 4. The largest absolute Gasteiger partial charge is 0.352 e. The minimum absolute atomic E-state index is 0.196. The molecule has 3 aromatic heterocycles. The molecule has 3 heterocycles. The number of anilines is 1. The van der Waals surface area contributed by atoms with Gasteiger partial charge in [0.25, 0.3) is 0 Å². The molecule has 4 aromatic rings. The number of nitrogens with zero attached hydrogens (tertiary/aromatic N) is 6. The molecule has 1 aromatic carbocycles. The van der Waals surface area contributed by atoms with E-state index in [0.29, 0.717) is 0 Å². The van der Waals surface area contributed by atoms with E-state index in [0.717, 1.165) is 22.8 Å². The van der Waals surface area contributed by atoms with Crippen LogP contribution in [0.15, 0.2) is 43.2 Å². The lowest BCUT2D eigenvalue weighted by Crippen LogP contribution is -2.23. The minimum atomic E-state index is 0.196. The molecule has 1 atom stereocenters. The van der Waals surface area contributed by atoms with Crippen molar-refractivity contribution in [3.63, 3.8) is 0 Å². The highest BCUT2D eigenvalue weighted by Gasteiger charge is 2.23. The molecule has 142 valence electrons. The van der Waals surface area contributed by atoms with Gasteiger partial charge >= 0.3 is 0 Å². The summed E-state index contributed by atoms with van der Waals surface area (Å²) >= 11 is 1.85. The Labute approximate surface area is 167 Å². The van der Waals surface area contributed by atoms with Crippen LogP contribution in [0.5, 0.6) is 0 Å². The maximum Gasteiger partial charge on any atom is 0.141 e. The summed E-state index contributed by atoms with van der Waals surface area (Å²) in [4.78, 5) is 18.2. The topological polar surface area (TPSA) is 59.7 Å². The summed E-state index contributed by atoms with van der Waals surface area (Å²) in [5, 5.41) is 5.45. The van der Waals surface area contributed by atoms with Gasteiger partial charge in [-0.1, -0.05) is 12.1 Å². The van der Waals surface area contributed by atoms with Gasteiger partial charge in [0.05, 0.1) is 17.1 Å². The van der Waals surface area contributed by atoms with Gasteiger partial charge in [-0.05, 0) is 55.9 Å². The van der Waals surface area contributed by atoms with Crippen LogP contribution >= 0.6 is 11.3 Å². The van der Waals surface area contributed by atoms with Crippen molar-refractivity contribution in [1.29, 1.82) is 0 Å². The lowest BCUT2D eigenvalue weighted by atomic mass is 9.96. The lowest BCUT2D eigenvalue weighted by Gasteiger charge is -2.27. The number of fused-ring (bicyclic) bond motifs is 3. The van der Waals surface area contributed by atoms with E-state index in [-0.39, 0.29) is 6.04 Å². The predicted molar refractivity (Wildman–Crippen MR) is 112 cm³/mol. The molecule has 1 aliphatic rings. The smallest absolute Gasteiger partial charge is 0.141 e. The van der Waals surface area contributed by atoms with Gasteiger partial charge in [0.15, 0.2) is 0 Å². The molecule has 0 saturated carbocycles. The van der Waals surface area contributed by atoms with Gasteiger partial charge in [-0.2, -0.15) is 5.10 Å². The van der Waals surface area contributed by atoms with Gasteiger partial charge in [-0.3, -0.25) is 0 Å². The van der Waals surface area contributed by atoms with Crippen LogP contribution < -0.4 is 4.90 Å². The van der Waals surface area contributed by atoms with Crippen molar-refractivity contribution < 1.29 is 0 Å². The average molecular weight is 391 g/mol. The van der Waals surface area contributed by atoms with E-state index in [2.05, 4.69) is 58.2 Å². The van der Waals surface area contributed by atoms with E-state index >= 15 is 0 Å². The highest BCUT2D eigenvalue weighted by molar-refractivity contribution is 7.19. The van der Waals surface area contributed by atoms with Crippen LogP contribution in [0, 0.1) is 0 Å². The first kappa shape index (κ1) is 17.3. The zero-order chi connectivity index (χ0) is 19.1. The molecule has 0 N–H and O–H groups in total. The molecule has 6 nitrogen and oxygen atoms in total. The second kappa shape index (κ2) is 6.98. The third-order valence-electron chi connectivity index (χ3n) is 5.71. The predicted octanol–water partition coefficient (Wildman–Crippen LogP) is 4.35. The van der Waals surface area contributed by atoms with Crippen LogP contribution in [0.2, 0.25) is 0 Å². The Bertz CT molecular complexity index is 1100. The normalized spacial score (nSPS) is 14.8. The molecule has 0 aliphatic heterocycles. The van der Waals surface area contributed by atoms with Gasteiger partial charge in [0.1, 0.15) is 29.6 Å². The van der Waals surface area contributed by atoms with E-state index < -0.39 is 0 Å². The van der Waals surface area contributed by atoms with Crippen molar-refractivity contribution in [2.75, 3.05) is 11.9 Å². The molecule has 0 unspecified atom stereocenters. The molecular formula is C21H22N6S. The standard InChI is InChI=1S/C21H22N6S/c1-14(15-7-9-16(10-8-15)27-13-22-11-25-27)26(2)20-19-17-5-3-4-6-18(17)28-21(19)24-12-23-20/h7-14H,3-6H2,1-2H3/t14-/m0/s1. The van der Waals surface area contributed by atoms with Crippen molar-refractivity contribution in [3.05, 3.63) is 59.3 Å². The quantitative estimate of drug-likeness (QED) is 0.518. The molecule has 0 amide bonds. The molecule has 28 heavy (non-hydrogen) atoms. The van der Waals surface area contributed by atoms with Crippen molar-refractivity contribution in [2.45, 2.75) is 38.6 Å². The maximum atomic E-state index is 4.69. The van der Waals surface area contributed by atoms with Gasteiger partial charge in [0, 0.05) is 11.9 Å². The Hall–Kier alpha value is -2.80. The molecule has 0 saturated heterocycles. The van der Waals surface area contributed by atoms with Crippen molar-refractivity contribution in [3.8, 4) is 5.69 Å². The zero-order valence-electron chi connectivity index (χ0n) is 16.0. The van der Waals surface area contributed by atoms with E-state index in [1.807, 2.05) is 11.3 Å². The molecule has 7 heteroatoms. The highest BCUT2D eigenvalue weighted by Crippen LogP contribution is 2.40. The average Bonchev–Trinajstić information content (AvgIpc) is 3.40. The van der Waals surface area contributed by atoms with Gasteiger partial charge in [-0.25, -0.2) is 19.6 Å². The second-order valence-electron chi connectivity index (χ2n) is 7.31.